The van der Waals surface area contributed by atoms with Crippen LogP contribution in [0, 0.1) is 17.3 Å². The summed E-state index contributed by atoms with van der Waals surface area (Å²) in [6.07, 6.45) is 2.70. The van der Waals surface area contributed by atoms with E-state index in [1.54, 1.807) is 7.11 Å². The molecule has 0 unspecified atom stereocenters. The van der Waals surface area contributed by atoms with Crippen molar-refractivity contribution in [3.8, 4) is 5.75 Å². The lowest BCUT2D eigenvalue weighted by Gasteiger charge is -2.29. The third-order valence-electron chi connectivity index (χ3n) is 6.13. The first-order chi connectivity index (χ1) is 13.0. The first-order valence-electron chi connectivity index (χ1n) is 9.84. The predicted octanol–water partition coefficient (Wildman–Crippen LogP) is 3.45. The van der Waals surface area contributed by atoms with E-state index in [1.165, 1.54) is 5.57 Å². The average Bonchev–Trinajstić information content (AvgIpc) is 2.95. The first kappa shape index (κ1) is 20.9. The van der Waals surface area contributed by atoms with Gasteiger partial charge in [-0.25, -0.2) is 8.42 Å². The molecule has 1 aromatic rings. The normalized spacial score (nSPS) is 27.1. The van der Waals surface area contributed by atoms with Crippen LogP contribution in [0.1, 0.15) is 39.7 Å². The molecule has 0 aromatic heterocycles. The molecular formula is C22H31NO4S. The molecule has 28 heavy (non-hydrogen) atoms. The number of benzene rings is 1. The van der Waals surface area contributed by atoms with Crippen LogP contribution in [0.2, 0.25) is 0 Å². The number of carbonyl (C=O) groups is 1. The fourth-order valence-corrected chi connectivity index (χ4v) is 6.06. The van der Waals surface area contributed by atoms with E-state index in [4.69, 9.17) is 4.74 Å². The van der Waals surface area contributed by atoms with Gasteiger partial charge in [0.05, 0.1) is 24.5 Å². The Morgan fingerprint density at radius 2 is 1.89 bits per heavy atom. The summed E-state index contributed by atoms with van der Waals surface area (Å²) in [6.45, 7) is 8.77. The number of allylic oxidation sites excluding steroid dienone is 2. The smallest absolute Gasteiger partial charge is 0.227 e. The highest BCUT2D eigenvalue weighted by atomic mass is 32.2. The highest BCUT2D eigenvalue weighted by molar-refractivity contribution is 7.91. The van der Waals surface area contributed by atoms with E-state index in [0.29, 0.717) is 13.0 Å². The molecule has 5 nitrogen and oxygen atoms in total. The van der Waals surface area contributed by atoms with Gasteiger partial charge in [0.25, 0.3) is 0 Å². The zero-order valence-corrected chi connectivity index (χ0v) is 18.3. The van der Waals surface area contributed by atoms with E-state index < -0.39 is 9.84 Å². The summed E-state index contributed by atoms with van der Waals surface area (Å²) in [4.78, 5) is 15.3. The van der Waals surface area contributed by atoms with E-state index in [-0.39, 0.29) is 40.7 Å². The largest absolute Gasteiger partial charge is 0.497 e. The summed E-state index contributed by atoms with van der Waals surface area (Å²) < 4.78 is 29.3. The van der Waals surface area contributed by atoms with Crippen molar-refractivity contribution in [1.29, 1.82) is 0 Å². The van der Waals surface area contributed by atoms with Gasteiger partial charge in [0.15, 0.2) is 9.84 Å². The van der Waals surface area contributed by atoms with Crippen LogP contribution in [0.25, 0.3) is 0 Å². The molecule has 0 N–H and O–H groups in total. The Labute approximate surface area is 168 Å². The lowest BCUT2D eigenvalue weighted by Crippen LogP contribution is -2.42. The fourth-order valence-electron chi connectivity index (χ4n) is 4.33. The van der Waals surface area contributed by atoms with Crippen LogP contribution in [0.5, 0.6) is 5.75 Å². The van der Waals surface area contributed by atoms with Crippen molar-refractivity contribution < 1.29 is 17.9 Å². The van der Waals surface area contributed by atoms with Gasteiger partial charge in [0.1, 0.15) is 5.75 Å². The highest BCUT2D eigenvalue weighted by Gasteiger charge is 2.61. The van der Waals surface area contributed by atoms with E-state index in [0.717, 1.165) is 11.3 Å². The van der Waals surface area contributed by atoms with Crippen LogP contribution in [-0.2, 0) is 21.2 Å². The van der Waals surface area contributed by atoms with Crippen LogP contribution >= 0.6 is 0 Å². The van der Waals surface area contributed by atoms with Crippen molar-refractivity contribution in [3.05, 3.63) is 41.5 Å². The Morgan fingerprint density at radius 3 is 2.39 bits per heavy atom. The number of amides is 1. The predicted molar refractivity (Wildman–Crippen MR) is 111 cm³/mol. The molecular weight excluding hydrogens is 374 g/mol. The van der Waals surface area contributed by atoms with Crippen molar-refractivity contribution in [2.75, 3.05) is 18.6 Å². The van der Waals surface area contributed by atoms with Gasteiger partial charge in [-0.1, -0.05) is 37.6 Å². The molecule has 6 heteroatoms. The number of ether oxygens (including phenoxy) is 1. The van der Waals surface area contributed by atoms with Crippen molar-refractivity contribution in [2.24, 2.45) is 17.3 Å². The Bertz CT molecular complexity index is 866. The molecule has 1 heterocycles. The number of sulfone groups is 1. The Hall–Kier alpha value is -1.82. The van der Waals surface area contributed by atoms with Crippen molar-refractivity contribution in [3.63, 3.8) is 0 Å². The summed E-state index contributed by atoms with van der Waals surface area (Å²) in [5, 5.41) is 0. The van der Waals surface area contributed by atoms with Gasteiger partial charge in [-0.05, 0) is 49.3 Å². The van der Waals surface area contributed by atoms with E-state index in [2.05, 4.69) is 33.8 Å². The van der Waals surface area contributed by atoms with Gasteiger partial charge < -0.3 is 9.64 Å². The van der Waals surface area contributed by atoms with Crippen molar-refractivity contribution in [2.45, 2.75) is 46.7 Å². The highest BCUT2D eigenvalue weighted by Crippen LogP contribution is 2.60. The molecule has 0 bridgehead atoms. The Morgan fingerprint density at radius 1 is 1.25 bits per heavy atom. The van der Waals surface area contributed by atoms with Crippen molar-refractivity contribution in [1.82, 2.24) is 4.90 Å². The molecule has 1 saturated carbocycles. The molecule has 1 aliphatic heterocycles. The second-order valence-corrected chi connectivity index (χ2v) is 11.2. The van der Waals surface area contributed by atoms with E-state index in [1.807, 2.05) is 29.2 Å². The van der Waals surface area contributed by atoms with Gasteiger partial charge in [-0.15, -0.1) is 0 Å². The molecule has 1 aliphatic carbocycles. The van der Waals surface area contributed by atoms with Crippen molar-refractivity contribution >= 4 is 15.7 Å². The quantitative estimate of drug-likeness (QED) is 0.680. The molecule has 1 saturated heterocycles. The minimum atomic E-state index is -3.07. The molecule has 2 aliphatic rings. The summed E-state index contributed by atoms with van der Waals surface area (Å²) >= 11 is 0. The van der Waals surface area contributed by atoms with Gasteiger partial charge in [0.2, 0.25) is 5.91 Å². The van der Waals surface area contributed by atoms with Gasteiger partial charge in [-0.3, -0.25) is 4.79 Å². The maximum absolute atomic E-state index is 13.5. The summed E-state index contributed by atoms with van der Waals surface area (Å²) in [5.41, 5.74) is 2.10. The third kappa shape index (κ3) is 4.27. The van der Waals surface area contributed by atoms with Gasteiger partial charge in [0, 0.05) is 12.6 Å². The average molecular weight is 406 g/mol. The first-order valence-corrected chi connectivity index (χ1v) is 11.7. The summed E-state index contributed by atoms with van der Waals surface area (Å²) in [6, 6.07) is 7.37. The van der Waals surface area contributed by atoms with Crippen LogP contribution in [-0.4, -0.2) is 43.9 Å². The lowest BCUT2D eigenvalue weighted by molar-refractivity contribution is -0.136. The van der Waals surface area contributed by atoms with Crippen LogP contribution in [0.3, 0.4) is 0 Å². The zero-order chi connectivity index (χ0) is 20.7. The van der Waals surface area contributed by atoms with Gasteiger partial charge in [-0.2, -0.15) is 0 Å². The molecule has 0 radical (unpaired) electrons. The second kappa shape index (κ2) is 7.54. The fraction of sp³-hybridized carbons (Fsp3) is 0.591. The SMILES string of the molecule is COc1ccc(CN(C(=O)[C@@H]2[C@@H](C=C(C)C)C2(C)C)[C@H]2CCS(=O)(=O)C2)cc1. The molecule has 1 aromatic carbocycles. The third-order valence-corrected chi connectivity index (χ3v) is 7.88. The lowest BCUT2D eigenvalue weighted by atomic mass is 10.1. The maximum Gasteiger partial charge on any atom is 0.227 e. The monoisotopic (exact) mass is 405 g/mol. The van der Waals surface area contributed by atoms with Crippen LogP contribution < -0.4 is 4.74 Å². The molecule has 0 spiro atoms. The second-order valence-electron chi connectivity index (χ2n) is 8.94. The van der Waals surface area contributed by atoms with Gasteiger partial charge >= 0.3 is 0 Å². The van der Waals surface area contributed by atoms with E-state index in [9.17, 15) is 13.2 Å². The number of rotatable bonds is 6. The minimum Gasteiger partial charge on any atom is -0.497 e. The topological polar surface area (TPSA) is 63.7 Å². The Kier molecular flexibility index (Phi) is 5.63. The zero-order valence-electron chi connectivity index (χ0n) is 17.4. The summed E-state index contributed by atoms with van der Waals surface area (Å²) in [7, 11) is -1.45. The molecule has 2 fully saturated rings. The number of hydrogen-bond acceptors (Lipinski definition) is 4. The number of carbonyl (C=O) groups excluding carboxylic acids is 1. The molecule has 3 rings (SSSR count). The number of methoxy groups -OCH3 is 1. The maximum atomic E-state index is 13.5. The standard InChI is InChI=1S/C22H31NO4S/c1-15(2)12-19-20(22(19,3)4)21(24)23(17-10-11-28(25,26)14-17)13-16-6-8-18(27-5)9-7-16/h6-9,12,17,19-20H,10-11,13-14H2,1-5H3/t17-,19+,20-/m0/s1. The molecule has 3 atom stereocenters. The summed E-state index contributed by atoms with van der Waals surface area (Å²) in [5.74, 6) is 1.18. The number of nitrogens with zero attached hydrogens (tertiary/aromatic N) is 1. The molecule has 154 valence electrons. The molecule has 1 amide bonds. The Balaban J connectivity index is 1.86. The van der Waals surface area contributed by atoms with Crippen LogP contribution in [0.15, 0.2) is 35.9 Å². The van der Waals surface area contributed by atoms with Crippen LogP contribution in [0.4, 0.5) is 0 Å². The van der Waals surface area contributed by atoms with E-state index >= 15 is 0 Å². The minimum absolute atomic E-state index is 0.0648. The number of hydrogen-bond donors (Lipinski definition) is 0.